The van der Waals surface area contributed by atoms with E-state index in [0.717, 1.165) is 0 Å². The highest BCUT2D eigenvalue weighted by Gasteiger charge is 2.33. The number of hydrogen-bond acceptors (Lipinski definition) is 7. The number of aromatic nitrogens is 6. The number of benzene rings is 2. The van der Waals surface area contributed by atoms with E-state index in [-0.39, 0.29) is 29.7 Å². The SMILES string of the molecule is CC.Cc1cc2c(c(C(=O)Nc3cccc(C(=O)Nc4ccn(C)n4)c3)n1)CN(c1ccc(-n3c(C)nn(C)c3=O)cc1)C2=O. The Balaban J connectivity index is 0.00000196. The minimum absolute atomic E-state index is 0.128. The van der Waals surface area contributed by atoms with Gasteiger partial charge < -0.3 is 15.5 Å². The number of carbonyl (C=O) groups excluding carboxylic acids is 3. The summed E-state index contributed by atoms with van der Waals surface area (Å²) in [5.41, 5.74) is 3.23. The molecule has 2 N–H and O–H groups in total. The summed E-state index contributed by atoms with van der Waals surface area (Å²) in [6.45, 7) is 7.60. The molecule has 5 aromatic rings. The lowest BCUT2D eigenvalue weighted by molar-refractivity contribution is 0.0994. The molecule has 0 fully saturated rings. The summed E-state index contributed by atoms with van der Waals surface area (Å²) in [4.78, 5) is 58.1. The van der Waals surface area contributed by atoms with Crippen LogP contribution >= 0.6 is 0 Å². The summed E-state index contributed by atoms with van der Waals surface area (Å²) < 4.78 is 4.32. The quantitative estimate of drug-likeness (QED) is 0.296. The highest BCUT2D eigenvalue weighted by Crippen LogP contribution is 2.31. The van der Waals surface area contributed by atoms with Crippen molar-refractivity contribution in [2.24, 2.45) is 14.1 Å². The summed E-state index contributed by atoms with van der Waals surface area (Å²) in [5.74, 6) is -0.183. The summed E-state index contributed by atoms with van der Waals surface area (Å²) in [6, 6.07) is 16.8. The third-order valence-electron chi connectivity index (χ3n) is 7.10. The molecule has 0 atom stereocenters. The highest BCUT2D eigenvalue weighted by atomic mass is 16.2. The van der Waals surface area contributed by atoms with E-state index in [1.165, 1.54) is 9.25 Å². The molecule has 1 aliphatic rings. The minimum atomic E-state index is -0.501. The van der Waals surface area contributed by atoms with E-state index >= 15 is 0 Å². The van der Waals surface area contributed by atoms with E-state index in [1.54, 1.807) is 104 Å². The van der Waals surface area contributed by atoms with Crippen LogP contribution in [0, 0.1) is 13.8 Å². The molecule has 0 saturated heterocycles. The first kappa shape index (κ1) is 30.6. The number of pyridine rings is 1. The number of rotatable bonds is 6. The number of fused-ring (bicyclic) bond motifs is 1. The van der Waals surface area contributed by atoms with Crippen molar-refractivity contribution in [3.8, 4) is 5.69 Å². The summed E-state index contributed by atoms with van der Waals surface area (Å²) in [7, 11) is 3.33. The van der Waals surface area contributed by atoms with Crippen LogP contribution in [-0.4, -0.2) is 46.8 Å². The van der Waals surface area contributed by atoms with Crippen LogP contribution in [0.15, 0.2) is 71.7 Å². The van der Waals surface area contributed by atoms with Gasteiger partial charge in [-0.2, -0.15) is 10.2 Å². The first-order valence-electron chi connectivity index (χ1n) is 14.4. The molecule has 0 unspecified atom stereocenters. The van der Waals surface area contributed by atoms with E-state index < -0.39 is 5.91 Å². The van der Waals surface area contributed by atoms with Crippen LogP contribution in [0.3, 0.4) is 0 Å². The monoisotopic (exact) mass is 607 g/mol. The van der Waals surface area contributed by atoms with Gasteiger partial charge in [-0.3, -0.25) is 19.1 Å². The van der Waals surface area contributed by atoms with Gasteiger partial charge >= 0.3 is 5.69 Å². The second kappa shape index (κ2) is 12.4. The largest absolute Gasteiger partial charge is 0.350 e. The lowest BCUT2D eigenvalue weighted by Gasteiger charge is -2.16. The molecule has 45 heavy (non-hydrogen) atoms. The molecule has 6 rings (SSSR count). The summed E-state index contributed by atoms with van der Waals surface area (Å²) >= 11 is 0. The molecule has 1 aliphatic heterocycles. The molecule has 13 heteroatoms. The number of amides is 3. The van der Waals surface area contributed by atoms with Crippen molar-refractivity contribution < 1.29 is 14.4 Å². The van der Waals surface area contributed by atoms with Gasteiger partial charge in [0.15, 0.2) is 5.82 Å². The van der Waals surface area contributed by atoms with Gasteiger partial charge in [0.1, 0.15) is 11.5 Å². The zero-order valence-corrected chi connectivity index (χ0v) is 25.8. The molecular formula is C32H33N9O4. The van der Waals surface area contributed by atoms with Crippen LogP contribution in [-0.2, 0) is 20.6 Å². The molecule has 0 bridgehead atoms. The fourth-order valence-corrected chi connectivity index (χ4v) is 5.09. The Hall–Kier alpha value is -5.85. The van der Waals surface area contributed by atoms with Crippen molar-refractivity contribution in [3.63, 3.8) is 0 Å². The van der Waals surface area contributed by atoms with E-state index in [0.29, 0.717) is 51.1 Å². The maximum atomic E-state index is 13.5. The van der Waals surface area contributed by atoms with E-state index in [2.05, 4.69) is 25.8 Å². The molecule has 2 aromatic carbocycles. The molecule has 230 valence electrons. The molecule has 0 aliphatic carbocycles. The van der Waals surface area contributed by atoms with Crippen molar-refractivity contribution in [1.29, 1.82) is 0 Å². The lowest BCUT2D eigenvalue weighted by Crippen LogP contribution is -2.24. The van der Waals surface area contributed by atoms with Gasteiger partial charge in [0, 0.05) is 60.1 Å². The number of nitrogens with one attached hydrogen (secondary N) is 2. The van der Waals surface area contributed by atoms with Gasteiger partial charge in [-0.15, -0.1) is 0 Å². The minimum Gasteiger partial charge on any atom is -0.321 e. The van der Waals surface area contributed by atoms with Gasteiger partial charge in [-0.1, -0.05) is 19.9 Å². The van der Waals surface area contributed by atoms with Crippen molar-refractivity contribution in [1.82, 2.24) is 29.1 Å². The molecule has 4 heterocycles. The van der Waals surface area contributed by atoms with Crippen molar-refractivity contribution >= 4 is 34.9 Å². The number of anilines is 3. The maximum Gasteiger partial charge on any atom is 0.350 e. The Bertz CT molecular complexity index is 1990. The first-order valence-corrected chi connectivity index (χ1v) is 14.4. The molecule has 13 nitrogen and oxygen atoms in total. The number of carbonyl (C=O) groups is 3. The molecule has 3 amide bonds. The average molecular weight is 608 g/mol. The number of aryl methyl sites for hydroxylation is 4. The predicted molar refractivity (Wildman–Crippen MR) is 170 cm³/mol. The van der Waals surface area contributed by atoms with Crippen molar-refractivity contribution in [2.45, 2.75) is 34.2 Å². The fraction of sp³-hybridized carbons (Fsp3) is 0.219. The van der Waals surface area contributed by atoms with Gasteiger partial charge in [0.05, 0.1) is 12.2 Å². The van der Waals surface area contributed by atoms with Crippen LogP contribution in [0.2, 0.25) is 0 Å². The van der Waals surface area contributed by atoms with Crippen LogP contribution in [0.1, 0.15) is 62.1 Å². The molecule has 0 saturated carbocycles. The molecule has 0 radical (unpaired) electrons. The van der Waals surface area contributed by atoms with E-state index in [1.807, 2.05) is 13.8 Å². The summed E-state index contributed by atoms with van der Waals surface area (Å²) in [5, 5.41) is 13.8. The Morgan fingerprint density at radius 2 is 1.56 bits per heavy atom. The zero-order chi connectivity index (χ0) is 32.4. The van der Waals surface area contributed by atoms with Gasteiger partial charge in [0.2, 0.25) is 0 Å². The zero-order valence-electron chi connectivity index (χ0n) is 25.8. The Morgan fingerprint density at radius 1 is 0.844 bits per heavy atom. The first-order chi connectivity index (χ1) is 21.6. The smallest absolute Gasteiger partial charge is 0.321 e. The van der Waals surface area contributed by atoms with Crippen molar-refractivity contribution in [3.05, 3.63) is 111 Å². The fourth-order valence-electron chi connectivity index (χ4n) is 5.09. The predicted octanol–water partition coefficient (Wildman–Crippen LogP) is 4.01. The van der Waals surface area contributed by atoms with E-state index in [4.69, 9.17) is 0 Å². The lowest BCUT2D eigenvalue weighted by atomic mass is 10.1. The normalized spacial score (nSPS) is 12.0. The topological polar surface area (TPSA) is 149 Å². The molecule has 0 spiro atoms. The Labute approximate surface area is 259 Å². The Kier molecular flexibility index (Phi) is 8.44. The van der Waals surface area contributed by atoms with Crippen LogP contribution in [0.5, 0.6) is 0 Å². The highest BCUT2D eigenvalue weighted by molar-refractivity contribution is 6.14. The Morgan fingerprint density at radius 3 is 2.20 bits per heavy atom. The average Bonchev–Trinajstić information content (AvgIpc) is 3.67. The maximum absolute atomic E-state index is 13.5. The van der Waals surface area contributed by atoms with E-state index in [9.17, 15) is 19.2 Å². The van der Waals surface area contributed by atoms with Crippen LogP contribution in [0.25, 0.3) is 5.69 Å². The second-order valence-corrected chi connectivity index (χ2v) is 10.2. The molecular weight excluding hydrogens is 574 g/mol. The van der Waals surface area contributed by atoms with Gasteiger partial charge in [-0.05, 0) is 62.4 Å². The van der Waals surface area contributed by atoms with Crippen LogP contribution in [0.4, 0.5) is 17.2 Å². The molecule has 3 aromatic heterocycles. The van der Waals surface area contributed by atoms with Crippen molar-refractivity contribution in [2.75, 3.05) is 15.5 Å². The third kappa shape index (κ3) is 6.00. The van der Waals surface area contributed by atoms with Gasteiger partial charge in [-0.25, -0.2) is 19.0 Å². The summed E-state index contributed by atoms with van der Waals surface area (Å²) in [6.07, 6.45) is 1.71. The third-order valence-corrected chi connectivity index (χ3v) is 7.10. The van der Waals surface area contributed by atoms with Gasteiger partial charge in [0.25, 0.3) is 17.7 Å². The number of hydrogen-bond donors (Lipinski definition) is 2. The number of nitrogens with zero attached hydrogens (tertiary/aromatic N) is 7. The standard InChI is InChI=1S/C30H27N9O4.C2H6/c1-17-14-23-24(16-38(29(23)42)21-8-10-22(11-9-21)39-18(2)34-37(4)30(39)43)26(31-17)28(41)32-20-7-5-6-19(15-20)27(40)33-25-12-13-36(3)35-25;1-2/h5-15H,16H2,1-4H3,(H,32,41)(H,33,35,40);1-2H3. The second-order valence-electron chi connectivity index (χ2n) is 10.2. The van der Waals surface area contributed by atoms with Crippen LogP contribution < -0.4 is 21.2 Å².